The van der Waals surface area contributed by atoms with Crippen LogP contribution in [0, 0.1) is 0 Å². The van der Waals surface area contributed by atoms with Crippen LogP contribution in [0.1, 0.15) is 30.9 Å². The van der Waals surface area contributed by atoms with E-state index in [0.29, 0.717) is 12.1 Å². The van der Waals surface area contributed by atoms with E-state index in [-0.39, 0.29) is 0 Å². The van der Waals surface area contributed by atoms with Crippen molar-refractivity contribution in [3.05, 3.63) is 35.4 Å². The van der Waals surface area contributed by atoms with Gasteiger partial charge in [0.15, 0.2) is 0 Å². The Morgan fingerprint density at radius 1 is 1.35 bits per heavy atom. The van der Waals surface area contributed by atoms with E-state index in [1.54, 1.807) is 7.11 Å². The van der Waals surface area contributed by atoms with Gasteiger partial charge in [-0.1, -0.05) is 24.3 Å². The third-order valence-electron chi connectivity index (χ3n) is 3.62. The lowest BCUT2D eigenvalue weighted by Gasteiger charge is -2.28. The van der Waals surface area contributed by atoms with Crippen LogP contribution in [0.5, 0.6) is 0 Å². The standard InChI is InChI=1S/C15H23NO/c1-12(9-10-17-2)16-15-8-7-13-5-3-4-6-14(13)11-15/h3-6,12,15-16H,7-11H2,1-2H3. The highest BCUT2D eigenvalue weighted by Crippen LogP contribution is 2.21. The molecule has 1 N–H and O–H groups in total. The molecule has 0 amide bonds. The Labute approximate surface area is 104 Å². The van der Waals surface area contributed by atoms with Gasteiger partial charge in [-0.15, -0.1) is 0 Å². The number of nitrogens with one attached hydrogen (secondary N) is 1. The Balaban J connectivity index is 1.85. The van der Waals surface area contributed by atoms with Crippen LogP contribution in [0.2, 0.25) is 0 Å². The maximum atomic E-state index is 5.12. The maximum Gasteiger partial charge on any atom is 0.0476 e. The van der Waals surface area contributed by atoms with Gasteiger partial charge in [0.2, 0.25) is 0 Å². The number of hydrogen-bond donors (Lipinski definition) is 1. The van der Waals surface area contributed by atoms with Gasteiger partial charge in [0.05, 0.1) is 0 Å². The van der Waals surface area contributed by atoms with Gasteiger partial charge in [0.1, 0.15) is 0 Å². The molecule has 0 fully saturated rings. The number of methoxy groups -OCH3 is 1. The van der Waals surface area contributed by atoms with Crippen molar-refractivity contribution in [2.75, 3.05) is 13.7 Å². The summed E-state index contributed by atoms with van der Waals surface area (Å²) in [6, 6.07) is 10.0. The summed E-state index contributed by atoms with van der Waals surface area (Å²) in [7, 11) is 1.77. The van der Waals surface area contributed by atoms with Crippen molar-refractivity contribution in [2.45, 2.75) is 44.7 Å². The number of benzene rings is 1. The summed E-state index contributed by atoms with van der Waals surface area (Å²) in [5.74, 6) is 0. The van der Waals surface area contributed by atoms with Gasteiger partial charge in [-0.3, -0.25) is 0 Å². The second kappa shape index (κ2) is 6.18. The van der Waals surface area contributed by atoms with Crippen LogP contribution in [0.15, 0.2) is 24.3 Å². The third-order valence-corrected chi connectivity index (χ3v) is 3.62. The second-order valence-electron chi connectivity index (χ2n) is 5.06. The lowest BCUT2D eigenvalue weighted by molar-refractivity contribution is 0.182. The molecule has 0 heterocycles. The molecule has 0 saturated carbocycles. The van der Waals surface area contributed by atoms with E-state index >= 15 is 0 Å². The zero-order valence-corrected chi connectivity index (χ0v) is 10.9. The van der Waals surface area contributed by atoms with E-state index in [0.717, 1.165) is 13.0 Å². The molecule has 2 unspecified atom stereocenters. The molecule has 2 heteroatoms. The summed E-state index contributed by atoms with van der Waals surface area (Å²) < 4.78 is 5.12. The highest BCUT2D eigenvalue weighted by atomic mass is 16.5. The van der Waals surface area contributed by atoms with Crippen molar-refractivity contribution in [3.8, 4) is 0 Å². The van der Waals surface area contributed by atoms with Gasteiger partial charge >= 0.3 is 0 Å². The predicted molar refractivity (Wildman–Crippen MR) is 71.3 cm³/mol. The summed E-state index contributed by atoms with van der Waals surface area (Å²) in [5.41, 5.74) is 3.06. The van der Waals surface area contributed by atoms with Crippen LogP contribution in [0.25, 0.3) is 0 Å². The predicted octanol–water partition coefficient (Wildman–Crippen LogP) is 2.56. The van der Waals surface area contributed by atoms with Crippen LogP contribution >= 0.6 is 0 Å². The molecule has 0 bridgehead atoms. The zero-order valence-electron chi connectivity index (χ0n) is 10.9. The number of aryl methyl sites for hydroxylation is 1. The highest BCUT2D eigenvalue weighted by molar-refractivity contribution is 5.30. The van der Waals surface area contributed by atoms with Crippen LogP contribution in [0.4, 0.5) is 0 Å². The first-order chi connectivity index (χ1) is 8.29. The molecule has 1 aromatic rings. The normalized spacial score (nSPS) is 20.9. The summed E-state index contributed by atoms with van der Waals surface area (Å²) in [6.07, 6.45) is 4.74. The average Bonchev–Trinajstić information content (AvgIpc) is 2.36. The molecule has 2 rings (SSSR count). The summed E-state index contributed by atoms with van der Waals surface area (Å²) in [6.45, 7) is 3.09. The van der Waals surface area contributed by atoms with Crippen molar-refractivity contribution in [1.29, 1.82) is 0 Å². The second-order valence-corrected chi connectivity index (χ2v) is 5.06. The monoisotopic (exact) mass is 233 g/mol. The Bertz CT molecular complexity index is 351. The Morgan fingerprint density at radius 3 is 2.88 bits per heavy atom. The Hall–Kier alpha value is -0.860. The fourth-order valence-electron chi connectivity index (χ4n) is 2.62. The zero-order chi connectivity index (χ0) is 12.1. The fourth-order valence-corrected chi connectivity index (χ4v) is 2.62. The number of ether oxygens (including phenoxy) is 1. The first kappa shape index (κ1) is 12.6. The Morgan fingerprint density at radius 2 is 2.12 bits per heavy atom. The van der Waals surface area contributed by atoms with E-state index in [1.165, 1.54) is 30.4 Å². The van der Waals surface area contributed by atoms with Gasteiger partial charge in [0.25, 0.3) is 0 Å². The number of hydrogen-bond acceptors (Lipinski definition) is 2. The molecule has 94 valence electrons. The molecule has 17 heavy (non-hydrogen) atoms. The number of fused-ring (bicyclic) bond motifs is 1. The SMILES string of the molecule is COCCC(C)NC1CCc2ccccc2C1. The largest absolute Gasteiger partial charge is 0.385 e. The van der Waals surface area contributed by atoms with Gasteiger partial charge < -0.3 is 10.1 Å². The molecule has 1 aromatic carbocycles. The van der Waals surface area contributed by atoms with Crippen molar-refractivity contribution >= 4 is 0 Å². The first-order valence-corrected chi connectivity index (χ1v) is 6.61. The molecule has 1 aliphatic carbocycles. The van der Waals surface area contributed by atoms with E-state index in [2.05, 4.69) is 36.5 Å². The van der Waals surface area contributed by atoms with E-state index < -0.39 is 0 Å². The third kappa shape index (κ3) is 3.55. The topological polar surface area (TPSA) is 21.3 Å². The molecule has 2 atom stereocenters. The molecule has 0 aliphatic heterocycles. The summed E-state index contributed by atoms with van der Waals surface area (Å²) in [4.78, 5) is 0. The minimum Gasteiger partial charge on any atom is -0.385 e. The van der Waals surface area contributed by atoms with Gasteiger partial charge in [-0.05, 0) is 43.7 Å². The minimum absolute atomic E-state index is 0.546. The molecular weight excluding hydrogens is 210 g/mol. The highest BCUT2D eigenvalue weighted by Gasteiger charge is 2.19. The minimum atomic E-state index is 0.546. The molecule has 0 aromatic heterocycles. The van der Waals surface area contributed by atoms with E-state index in [4.69, 9.17) is 4.74 Å². The van der Waals surface area contributed by atoms with Crippen LogP contribution in [-0.2, 0) is 17.6 Å². The van der Waals surface area contributed by atoms with Crippen LogP contribution < -0.4 is 5.32 Å². The Kier molecular flexibility index (Phi) is 4.57. The fraction of sp³-hybridized carbons (Fsp3) is 0.600. The quantitative estimate of drug-likeness (QED) is 0.844. The summed E-state index contributed by atoms with van der Waals surface area (Å²) >= 11 is 0. The van der Waals surface area contributed by atoms with Crippen molar-refractivity contribution in [1.82, 2.24) is 5.32 Å². The molecule has 0 radical (unpaired) electrons. The smallest absolute Gasteiger partial charge is 0.0476 e. The first-order valence-electron chi connectivity index (χ1n) is 6.61. The van der Waals surface area contributed by atoms with E-state index in [9.17, 15) is 0 Å². The van der Waals surface area contributed by atoms with Gasteiger partial charge in [0, 0.05) is 25.8 Å². The molecule has 0 spiro atoms. The molecule has 1 aliphatic rings. The van der Waals surface area contributed by atoms with Crippen molar-refractivity contribution < 1.29 is 4.74 Å². The van der Waals surface area contributed by atoms with Crippen molar-refractivity contribution in [2.24, 2.45) is 0 Å². The van der Waals surface area contributed by atoms with E-state index in [1.807, 2.05) is 0 Å². The van der Waals surface area contributed by atoms with Gasteiger partial charge in [-0.2, -0.15) is 0 Å². The van der Waals surface area contributed by atoms with Crippen LogP contribution in [-0.4, -0.2) is 25.8 Å². The van der Waals surface area contributed by atoms with Crippen LogP contribution in [0.3, 0.4) is 0 Å². The molecular formula is C15H23NO. The van der Waals surface area contributed by atoms with Gasteiger partial charge in [-0.25, -0.2) is 0 Å². The average molecular weight is 233 g/mol. The lowest BCUT2D eigenvalue weighted by atomic mass is 9.88. The molecule has 0 saturated heterocycles. The molecule has 2 nitrogen and oxygen atoms in total. The maximum absolute atomic E-state index is 5.12. The van der Waals surface area contributed by atoms with Crippen molar-refractivity contribution in [3.63, 3.8) is 0 Å². The number of rotatable bonds is 5. The lowest BCUT2D eigenvalue weighted by Crippen LogP contribution is -2.40. The summed E-state index contributed by atoms with van der Waals surface area (Å²) in [5, 5.41) is 3.71.